The van der Waals surface area contributed by atoms with Gasteiger partial charge in [-0.2, -0.15) is 0 Å². The van der Waals surface area contributed by atoms with Crippen LogP contribution in [0.1, 0.15) is 0 Å². The molecule has 0 aliphatic rings. The van der Waals surface area contributed by atoms with Crippen LogP contribution in [0, 0.1) is 0 Å². The third-order valence-corrected chi connectivity index (χ3v) is 10.5. The molecule has 0 aliphatic carbocycles. The monoisotopic (exact) mass is 662 g/mol. The Labute approximate surface area is 299 Å². The van der Waals surface area contributed by atoms with Crippen LogP contribution >= 0.6 is 0 Å². The van der Waals surface area contributed by atoms with Gasteiger partial charge in [0.1, 0.15) is 0 Å². The minimum Gasteiger partial charge on any atom is -0.309 e. The first-order valence-corrected chi connectivity index (χ1v) is 17.7. The molecular formula is C48H30N4. The first-order chi connectivity index (χ1) is 25.8. The fourth-order valence-electron chi connectivity index (χ4n) is 8.15. The predicted molar refractivity (Wildman–Crippen MR) is 217 cm³/mol. The SMILES string of the molecule is c1ccc(-c2cccc(-n3c4ccccc4c4cc(-c5ccc6c(ccc7c6c6ccccc6n7-c6ncc7ccccc7n6)c5)ccc43)c2)cc1. The van der Waals surface area contributed by atoms with E-state index in [1.165, 1.54) is 65.6 Å². The Hall–Kier alpha value is -7.04. The standard InChI is InChI=1S/C48H30N4/c1-2-11-31(12-3-1)32-14-10-15-37(28-32)51-43-19-8-5-16-39(43)41-29-34(22-25-45(41)51)33-21-24-38-35(27-33)23-26-46-47(38)40-17-6-9-20-44(40)52(46)48-49-30-36-13-4-7-18-42(36)50-48/h1-30H. The molecule has 11 rings (SSSR count). The van der Waals surface area contributed by atoms with E-state index in [0.29, 0.717) is 5.95 Å². The van der Waals surface area contributed by atoms with Crippen LogP contribution in [0.2, 0.25) is 0 Å². The number of para-hydroxylation sites is 3. The normalized spacial score (nSPS) is 11.8. The molecule has 0 amide bonds. The van der Waals surface area contributed by atoms with Crippen LogP contribution in [-0.2, 0) is 0 Å². The lowest BCUT2D eigenvalue weighted by molar-refractivity contribution is 1.01. The number of fused-ring (bicyclic) bond motifs is 9. The minimum atomic E-state index is 0.681. The summed E-state index contributed by atoms with van der Waals surface area (Å²) in [6.07, 6.45) is 1.92. The first-order valence-electron chi connectivity index (χ1n) is 17.7. The number of benzene rings is 8. The minimum absolute atomic E-state index is 0.681. The van der Waals surface area contributed by atoms with Crippen molar-refractivity contribution in [1.82, 2.24) is 19.1 Å². The summed E-state index contributed by atoms with van der Waals surface area (Å²) in [6, 6.07) is 63.2. The highest BCUT2D eigenvalue weighted by Crippen LogP contribution is 2.39. The maximum absolute atomic E-state index is 4.99. The van der Waals surface area contributed by atoms with Gasteiger partial charge in [0.15, 0.2) is 0 Å². The highest BCUT2D eigenvalue weighted by atomic mass is 15.2. The van der Waals surface area contributed by atoms with Crippen molar-refractivity contribution in [2.75, 3.05) is 0 Å². The van der Waals surface area contributed by atoms with Gasteiger partial charge >= 0.3 is 0 Å². The summed E-state index contributed by atoms with van der Waals surface area (Å²) >= 11 is 0. The molecule has 0 aliphatic heterocycles. The molecule has 3 heterocycles. The highest BCUT2D eigenvalue weighted by molar-refractivity contribution is 6.21. The summed E-state index contributed by atoms with van der Waals surface area (Å²) in [5, 5.41) is 8.35. The Morgan fingerprint density at radius 2 is 1.04 bits per heavy atom. The molecule has 8 aromatic carbocycles. The van der Waals surface area contributed by atoms with Crippen LogP contribution in [0.5, 0.6) is 0 Å². The van der Waals surface area contributed by atoms with Crippen molar-refractivity contribution in [3.05, 3.63) is 182 Å². The Kier molecular flexibility index (Phi) is 6.22. The van der Waals surface area contributed by atoms with Crippen molar-refractivity contribution in [2.45, 2.75) is 0 Å². The Morgan fingerprint density at radius 3 is 1.94 bits per heavy atom. The zero-order valence-electron chi connectivity index (χ0n) is 28.1. The Balaban J connectivity index is 1.06. The third-order valence-electron chi connectivity index (χ3n) is 10.5. The van der Waals surface area contributed by atoms with Gasteiger partial charge in [-0.3, -0.25) is 4.57 Å². The Bertz CT molecular complexity index is 3190. The topological polar surface area (TPSA) is 35.6 Å². The molecule has 3 aromatic heterocycles. The zero-order valence-corrected chi connectivity index (χ0v) is 28.1. The van der Waals surface area contributed by atoms with Gasteiger partial charge in [0, 0.05) is 38.8 Å². The zero-order chi connectivity index (χ0) is 34.2. The lowest BCUT2D eigenvalue weighted by atomic mass is 9.97. The van der Waals surface area contributed by atoms with Crippen molar-refractivity contribution in [3.8, 4) is 33.9 Å². The molecule has 0 saturated carbocycles. The summed E-state index contributed by atoms with van der Waals surface area (Å²) in [6.45, 7) is 0. The smallest absolute Gasteiger partial charge is 0.235 e. The molecule has 52 heavy (non-hydrogen) atoms. The number of hydrogen-bond acceptors (Lipinski definition) is 2. The van der Waals surface area contributed by atoms with Gasteiger partial charge < -0.3 is 4.57 Å². The number of aromatic nitrogens is 4. The van der Waals surface area contributed by atoms with Crippen LogP contribution in [0.4, 0.5) is 0 Å². The second-order valence-corrected chi connectivity index (χ2v) is 13.5. The van der Waals surface area contributed by atoms with Crippen LogP contribution in [0.15, 0.2) is 182 Å². The van der Waals surface area contributed by atoms with Crippen molar-refractivity contribution in [2.24, 2.45) is 0 Å². The fourth-order valence-corrected chi connectivity index (χ4v) is 8.15. The molecule has 0 N–H and O–H groups in total. The molecule has 4 nitrogen and oxygen atoms in total. The third kappa shape index (κ3) is 4.34. The molecule has 0 unspecified atom stereocenters. The van der Waals surface area contributed by atoms with Gasteiger partial charge in [-0.1, -0.05) is 121 Å². The summed E-state index contributed by atoms with van der Waals surface area (Å²) < 4.78 is 4.59. The van der Waals surface area contributed by atoms with Gasteiger partial charge in [-0.05, 0) is 87.6 Å². The fraction of sp³-hybridized carbons (Fsp3) is 0. The number of rotatable bonds is 4. The van der Waals surface area contributed by atoms with E-state index < -0.39 is 0 Å². The van der Waals surface area contributed by atoms with Crippen LogP contribution in [0.25, 0.3) is 99.2 Å². The van der Waals surface area contributed by atoms with E-state index in [9.17, 15) is 0 Å². The first kappa shape index (κ1) is 28.8. The molecule has 0 bridgehead atoms. The second-order valence-electron chi connectivity index (χ2n) is 13.5. The van der Waals surface area contributed by atoms with Gasteiger partial charge in [0.05, 0.1) is 27.6 Å². The van der Waals surface area contributed by atoms with Crippen LogP contribution in [0.3, 0.4) is 0 Å². The summed E-state index contributed by atoms with van der Waals surface area (Å²) in [5.74, 6) is 0.681. The average molecular weight is 663 g/mol. The molecule has 4 heteroatoms. The lowest BCUT2D eigenvalue weighted by Crippen LogP contribution is -2.00. The van der Waals surface area contributed by atoms with E-state index in [-0.39, 0.29) is 0 Å². The molecule has 0 atom stereocenters. The summed E-state index contributed by atoms with van der Waals surface area (Å²) in [5.41, 5.74) is 11.5. The maximum atomic E-state index is 4.99. The lowest BCUT2D eigenvalue weighted by Gasteiger charge is -2.11. The van der Waals surface area contributed by atoms with Gasteiger partial charge in [-0.15, -0.1) is 0 Å². The van der Waals surface area contributed by atoms with Crippen molar-refractivity contribution < 1.29 is 0 Å². The number of hydrogen-bond donors (Lipinski definition) is 0. The molecular weight excluding hydrogens is 633 g/mol. The largest absolute Gasteiger partial charge is 0.309 e. The highest BCUT2D eigenvalue weighted by Gasteiger charge is 2.18. The van der Waals surface area contributed by atoms with Crippen molar-refractivity contribution >= 4 is 65.3 Å². The van der Waals surface area contributed by atoms with E-state index in [2.05, 4.69) is 167 Å². The van der Waals surface area contributed by atoms with E-state index in [1.54, 1.807) is 0 Å². The van der Waals surface area contributed by atoms with Crippen molar-refractivity contribution in [1.29, 1.82) is 0 Å². The van der Waals surface area contributed by atoms with E-state index in [4.69, 9.17) is 9.97 Å². The molecule has 11 aromatic rings. The predicted octanol–water partition coefficient (Wildman–Crippen LogP) is 12.3. The van der Waals surface area contributed by atoms with E-state index >= 15 is 0 Å². The Morgan fingerprint density at radius 1 is 0.365 bits per heavy atom. The molecule has 242 valence electrons. The van der Waals surface area contributed by atoms with E-state index in [0.717, 1.165) is 27.6 Å². The van der Waals surface area contributed by atoms with Gasteiger partial charge in [-0.25, -0.2) is 9.97 Å². The molecule has 0 saturated heterocycles. The summed E-state index contributed by atoms with van der Waals surface area (Å²) in [7, 11) is 0. The van der Waals surface area contributed by atoms with Crippen molar-refractivity contribution in [3.63, 3.8) is 0 Å². The quantitative estimate of drug-likeness (QED) is 0.188. The maximum Gasteiger partial charge on any atom is 0.235 e. The molecule has 0 fully saturated rings. The van der Waals surface area contributed by atoms with Gasteiger partial charge in [0.2, 0.25) is 5.95 Å². The van der Waals surface area contributed by atoms with Gasteiger partial charge in [0.25, 0.3) is 0 Å². The van der Waals surface area contributed by atoms with Crippen LogP contribution in [-0.4, -0.2) is 19.1 Å². The molecule has 0 radical (unpaired) electrons. The van der Waals surface area contributed by atoms with E-state index in [1.807, 2.05) is 24.4 Å². The second kappa shape index (κ2) is 11.2. The molecule has 0 spiro atoms. The number of nitrogens with zero attached hydrogens (tertiary/aromatic N) is 4. The van der Waals surface area contributed by atoms with Crippen LogP contribution < -0.4 is 0 Å². The summed E-state index contributed by atoms with van der Waals surface area (Å²) in [4.78, 5) is 9.81. The average Bonchev–Trinajstić information content (AvgIpc) is 3.74.